The molecule has 2 atom stereocenters. The second kappa shape index (κ2) is 8.98. The fraction of sp³-hybridized carbons (Fsp3) is 0.286. The first kappa shape index (κ1) is 21.5. The van der Waals surface area contributed by atoms with Crippen LogP contribution in [0.25, 0.3) is 0 Å². The molecule has 178 valence electrons. The van der Waals surface area contributed by atoms with Gasteiger partial charge < -0.3 is 24.8 Å². The van der Waals surface area contributed by atoms with E-state index < -0.39 is 6.10 Å². The third-order valence-electron chi connectivity index (χ3n) is 6.64. The lowest BCUT2D eigenvalue weighted by Crippen LogP contribution is -2.32. The average Bonchev–Trinajstić information content (AvgIpc) is 3.64. The number of hydrogen-bond acceptors (Lipinski definition) is 5. The lowest BCUT2D eigenvalue weighted by Gasteiger charge is -2.23. The molecule has 0 aromatic heterocycles. The number of carbonyl (C=O) groups is 2. The summed E-state index contributed by atoms with van der Waals surface area (Å²) in [5, 5.41) is 6.09. The zero-order chi connectivity index (χ0) is 23.8. The van der Waals surface area contributed by atoms with Gasteiger partial charge in [0.2, 0.25) is 0 Å². The smallest absolute Gasteiger partial charge is 0.265 e. The Balaban J connectivity index is 1.14. The van der Waals surface area contributed by atoms with Crippen molar-refractivity contribution in [2.75, 3.05) is 18.5 Å². The second-order valence-electron chi connectivity index (χ2n) is 9.18. The molecule has 0 radical (unpaired) electrons. The lowest BCUT2D eigenvalue weighted by atomic mass is 10.0. The minimum atomic E-state index is -0.584. The molecule has 0 bridgehead atoms. The molecule has 2 heterocycles. The minimum absolute atomic E-state index is 0.109. The Bertz CT molecular complexity index is 1260. The maximum Gasteiger partial charge on any atom is 0.265 e. The molecule has 7 nitrogen and oxygen atoms in total. The van der Waals surface area contributed by atoms with Crippen LogP contribution in [0, 0.1) is 5.92 Å². The summed E-state index contributed by atoms with van der Waals surface area (Å²) in [7, 11) is 0. The van der Waals surface area contributed by atoms with Crippen molar-refractivity contribution in [3.63, 3.8) is 0 Å². The van der Waals surface area contributed by atoms with Gasteiger partial charge in [-0.1, -0.05) is 30.3 Å². The van der Waals surface area contributed by atoms with Gasteiger partial charge in [-0.05, 0) is 66.3 Å². The van der Waals surface area contributed by atoms with Crippen LogP contribution in [0.4, 0.5) is 5.69 Å². The molecule has 0 saturated heterocycles. The van der Waals surface area contributed by atoms with E-state index in [-0.39, 0.29) is 17.9 Å². The number of rotatable bonds is 6. The zero-order valence-corrected chi connectivity index (χ0v) is 19.2. The predicted octanol–water partition coefficient (Wildman–Crippen LogP) is 4.28. The molecular formula is C28H26N2O5. The van der Waals surface area contributed by atoms with Gasteiger partial charge >= 0.3 is 0 Å². The molecule has 6 rings (SSSR count). The summed E-state index contributed by atoms with van der Waals surface area (Å²) in [6.45, 7) is 1.06. The highest BCUT2D eigenvalue weighted by molar-refractivity contribution is 5.98. The molecule has 1 saturated carbocycles. The maximum absolute atomic E-state index is 13.2. The molecule has 35 heavy (non-hydrogen) atoms. The first-order valence-corrected chi connectivity index (χ1v) is 12.0. The van der Waals surface area contributed by atoms with Crippen molar-refractivity contribution in [2.45, 2.75) is 31.4 Å². The fourth-order valence-electron chi connectivity index (χ4n) is 4.67. The molecular weight excluding hydrogens is 444 g/mol. The highest BCUT2D eigenvalue weighted by atomic mass is 16.6. The third-order valence-corrected chi connectivity index (χ3v) is 6.64. The van der Waals surface area contributed by atoms with Crippen molar-refractivity contribution in [3.05, 3.63) is 83.4 Å². The standard InChI is InChI=1S/C28H26N2O5/c31-27(30-26(17-8-9-17)19-10-11-23-24(16-19)34-13-12-33-23)20-5-3-6-21(14-20)29-28(32)25-15-18-4-1-2-7-22(18)35-25/h1-7,10-11,14,16-17,25-26H,8-9,12-13,15H2,(H,29,32)(H,30,31). The van der Waals surface area contributed by atoms with Crippen LogP contribution < -0.4 is 24.8 Å². The number of nitrogens with one attached hydrogen (secondary N) is 2. The first-order valence-electron chi connectivity index (χ1n) is 12.0. The summed E-state index contributed by atoms with van der Waals surface area (Å²) in [5.41, 5.74) is 3.07. The quantitative estimate of drug-likeness (QED) is 0.562. The summed E-state index contributed by atoms with van der Waals surface area (Å²) < 4.78 is 17.1. The van der Waals surface area contributed by atoms with Crippen LogP contribution in [-0.4, -0.2) is 31.1 Å². The highest BCUT2D eigenvalue weighted by Crippen LogP contribution is 2.43. The molecule has 3 aromatic rings. The number of ether oxygens (including phenoxy) is 3. The molecule has 0 spiro atoms. The van der Waals surface area contributed by atoms with Crippen LogP contribution in [0.15, 0.2) is 66.7 Å². The summed E-state index contributed by atoms with van der Waals surface area (Å²) >= 11 is 0. The van der Waals surface area contributed by atoms with Crippen molar-refractivity contribution in [1.82, 2.24) is 5.32 Å². The Kier molecular flexibility index (Phi) is 5.52. The Labute approximate surface area is 203 Å². The molecule has 1 fully saturated rings. The topological polar surface area (TPSA) is 85.9 Å². The predicted molar refractivity (Wildman–Crippen MR) is 130 cm³/mol. The first-order chi connectivity index (χ1) is 17.1. The van der Waals surface area contributed by atoms with Crippen LogP contribution in [0.2, 0.25) is 0 Å². The maximum atomic E-state index is 13.2. The molecule has 3 aromatic carbocycles. The molecule has 3 aliphatic rings. The summed E-state index contributed by atoms with van der Waals surface area (Å²) in [5.74, 6) is 2.17. The number of carbonyl (C=O) groups excluding carboxylic acids is 2. The Hall–Kier alpha value is -4.00. The highest BCUT2D eigenvalue weighted by Gasteiger charge is 2.34. The normalized spacial score (nSPS) is 18.7. The van der Waals surface area contributed by atoms with Gasteiger partial charge in [0.05, 0.1) is 6.04 Å². The Morgan fingerprint density at radius 1 is 0.857 bits per heavy atom. The summed E-state index contributed by atoms with van der Waals surface area (Å²) in [4.78, 5) is 26.0. The molecule has 2 unspecified atom stereocenters. The van der Waals surface area contributed by atoms with E-state index in [2.05, 4.69) is 10.6 Å². The number of fused-ring (bicyclic) bond motifs is 2. The molecule has 7 heteroatoms. The Morgan fingerprint density at radius 3 is 2.51 bits per heavy atom. The number of anilines is 1. The number of hydrogen-bond donors (Lipinski definition) is 2. The van der Waals surface area contributed by atoms with Gasteiger partial charge in [0, 0.05) is 17.7 Å². The molecule has 1 aliphatic carbocycles. The van der Waals surface area contributed by atoms with E-state index in [1.165, 1.54) is 0 Å². The monoisotopic (exact) mass is 470 g/mol. The van der Waals surface area contributed by atoms with E-state index in [4.69, 9.17) is 14.2 Å². The SMILES string of the molecule is O=C(NC(c1ccc2c(c1)OCCO2)C1CC1)c1cccc(NC(=O)C2Cc3ccccc3O2)c1. The van der Waals surface area contributed by atoms with Crippen LogP contribution in [0.5, 0.6) is 17.2 Å². The van der Waals surface area contributed by atoms with Gasteiger partial charge in [0.1, 0.15) is 19.0 Å². The largest absolute Gasteiger partial charge is 0.486 e. The number of benzene rings is 3. The molecule has 2 aliphatic heterocycles. The van der Waals surface area contributed by atoms with Crippen LogP contribution in [0.1, 0.15) is 40.4 Å². The van der Waals surface area contributed by atoms with Gasteiger partial charge in [0.15, 0.2) is 17.6 Å². The van der Waals surface area contributed by atoms with E-state index >= 15 is 0 Å². The lowest BCUT2D eigenvalue weighted by molar-refractivity contribution is -0.122. The number of amides is 2. The number of para-hydroxylation sites is 1. The van der Waals surface area contributed by atoms with Crippen molar-refractivity contribution >= 4 is 17.5 Å². The average molecular weight is 471 g/mol. The van der Waals surface area contributed by atoms with E-state index in [9.17, 15) is 9.59 Å². The summed E-state index contributed by atoms with van der Waals surface area (Å²) in [6, 6.07) is 20.4. The third kappa shape index (κ3) is 4.54. The molecule has 2 N–H and O–H groups in total. The fourth-order valence-corrected chi connectivity index (χ4v) is 4.67. The van der Waals surface area contributed by atoms with Gasteiger partial charge in [-0.15, -0.1) is 0 Å². The van der Waals surface area contributed by atoms with Crippen LogP contribution in [0.3, 0.4) is 0 Å². The van der Waals surface area contributed by atoms with E-state index in [0.717, 1.165) is 41.2 Å². The van der Waals surface area contributed by atoms with Crippen molar-refractivity contribution in [3.8, 4) is 17.2 Å². The van der Waals surface area contributed by atoms with Crippen molar-refractivity contribution in [2.24, 2.45) is 5.92 Å². The molecule has 2 amide bonds. The second-order valence-corrected chi connectivity index (χ2v) is 9.18. The van der Waals surface area contributed by atoms with E-state index in [1.807, 2.05) is 42.5 Å². The van der Waals surface area contributed by atoms with Gasteiger partial charge in [0.25, 0.3) is 11.8 Å². The summed E-state index contributed by atoms with van der Waals surface area (Å²) in [6.07, 6.45) is 2.08. The zero-order valence-electron chi connectivity index (χ0n) is 19.2. The van der Waals surface area contributed by atoms with Crippen molar-refractivity contribution in [1.29, 1.82) is 0 Å². The van der Waals surface area contributed by atoms with E-state index in [1.54, 1.807) is 24.3 Å². The van der Waals surface area contributed by atoms with Crippen molar-refractivity contribution < 1.29 is 23.8 Å². The van der Waals surface area contributed by atoms with Crippen LogP contribution >= 0.6 is 0 Å². The van der Waals surface area contributed by atoms with Gasteiger partial charge in [-0.3, -0.25) is 9.59 Å². The van der Waals surface area contributed by atoms with Gasteiger partial charge in [-0.25, -0.2) is 0 Å². The van der Waals surface area contributed by atoms with Gasteiger partial charge in [-0.2, -0.15) is 0 Å². The van der Waals surface area contributed by atoms with E-state index in [0.29, 0.717) is 36.8 Å². The minimum Gasteiger partial charge on any atom is -0.486 e. The Morgan fingerprint density at radius 2 is 1.69 bits per heavy atom. The van der Waals surface area contributed by atoms with Crippen LogP contribution in [-0.2, 0) is 11.2 Å².